The van der Waals surface area contributed by atoms with Crippen molar-refractivity contribution < 1.29 is 17.7 Å². The van der Waals surface area contributed by atoms with Crippen molar-refractivity contribution in [2.24, 2.45) is 0 Å². The van der Waals surface area contributed by atoms with E-state index in [4.69, 9.17) is 4.55 Å². The minimum atomic E-state index is -4.06. The van der Waals surface area contributed by atoms with Gasteiger partial charge in [0.15, 0.2) is 0 Å². The Balaban J connectivity index is 0. The summed E-state index contributed by atoms with van der Waals surface area (Å²) >= 11 is 0. The molecular weight excluding hydrogens is 182 g/mol. The van der Waals surface area contributed by atoms with Crippen molar-refractivity contribution in [3.63, 3.8) is 0 Å². The lowest BCUT2D eigenvalue weighted by Crippen LogP contribution is -2.27. The minimum absolute atomic E-state index is 0. The van der Waals surface area contributed by atoms with Gasteiger partial charge in [0.2, 0.25) is 0 Å². The Morgan fingerprint density at radius 3 is 2.10 bits per heavy atom. The highest BCUT2D eigenvalue weighted by Gasteiger charge is 2.10. The van der Waals surface area contributed by atoms with E-state index in [9.17, 15) is 8.42 Å². The van der Waals surface area contributed by atoms with Crippen molar-refractivity contribution in [3.8, 4) is 0 Å². The van der Waals surface area contributed by atoms with Gasteiger partial charge in [-0.1, -0.05) is 0 Å². The van der Waals surface area contributed by atoms with Crippen LogP contribution in [0.3, 0.4) is 0 Å². The quantitative estimate of drug-likeness (QED) is 0.494. The van der Waals surface area contributed by atoms with E-state index in [1.54, 1.807) is 0 Å². The average molecular weight is 192 g/mol. The Bertz CT molecular complexity index is 167. The maximum absolute atomic E-state index is 10.1. The number of halogens is 1. The summed E-state index contributed by atoms with van der Waals surface area (Å²) < 4.78 is 33.6. The van der Waals surface area contributed by atoms with Gasteiger partial charge in [0, 0.05) is 14.2 Å². The van der Waals surface area contributed by atoms with Gasteiger partial charge in [0.25, 0.3) is 0 Å². The molecule has 0 spiro atoms. The highest BCUT2D eigenvalue weighted by molar-refractivity contribution is 7.83. The third kappa shape index (κ3) is 4.95. The first-order valence-electron chi connectivity index (χ1n) is 2.16. The van der Waals surface area contributed by atoms with Crippen LogP contribution in [0.1, 0.15) is 0 Å². The number of ether oxygens (including phenoxy) is 1. The number of hydrogen-bond donors (Lipinski definition) is 1. The standard InChI is InChI=1S/C3H9NO4S.ClH/c1-4(3-8-2)9(5,6)7;/h3H2,1-2H3,(H,5,6,7);1H. The predicted octanol–water partition coefficient (Wildman–Crippen LogP) is -0.253. The Kier molecular flexibility index (Phi) is 6.21. The molecule has 0 saturated carbocycles. The second-order valence-corrected chi connectivity index (χ2v) is 3.01. The molecule has 0 rings (SSSR count). The van der Waals surface area contributed by atoms with E-state index < -0.39 is 10.3 Å². The number of rotatable bonds is 3. The maximum atomic E-state index is 10.1. The van der Waals surface area contributed by atoms with Crippen molar-refractivity contribution in [2.45, 2.75) is 0 Å². The van der Waals surface area contributed by atoms with Crippen molar-refractivity contribution in [1.82, 2.24) is 4.31 Å². The third-order valence-electron chi connectivity index (χ3n) is 0.705. The summed E-state index contributed by atoms with van der Waals surface area (Å²) in [4.78, 5) is 0. The molecule has 64 valence electrons. The van der Waals surface area contributed by atoms with E-state index in [0.29, 0.717) is 4.31 Å². The molecule has 0 aromatic heterocycles. The minimum Gasteiger partial charge on any atom is -0.368 e. The van der Waals surface area contributed by atoms with Crippen molar-refractivity contribution in [3.05, 3.63) is 0 Å². The number of nitrogens with zero attached hydrogens (tertiary/aromatic N) is 1. The van der Waals surface area contributed by atoms with Gasteiger partial charge in [-0.25, -0.2) is 0 Å². The second kappa shape index (κ2) is 4.86. The molecule has 0 aliphatic carbocycles. The summed E-state index contributed by atoms with van der Waals surface area (Å²) in [5.41, 5.74) is 0. The zero-order valence-corrected chi connectivity index (χ0v) is 7.28. The first-order chi connectivity index (χ1) is 3.98. The maximum Gasteiger partial charge on any atom is 0.337 e. The van der Waals surface area contributed by atoms with Gasteiger partial charge in [-0.2, -0.15) is 12.7 Å². The molecule has 0 radical (unpaired) electrons. The lowest BCUT2D eigenvalue weighted by atomic mass is 11.1. The molecule has 0 heterocycles. The van der Waals surface area contributed by atoms with E-state index in [-0.39, 0.29) is 19.1 Å². The second-order valence-electron chi connectivity index (χ2n) is 1.49. The highest BCUT2D eigenvalue weighted by Crippen LogP contribution is 1.89. The van der Waals surface area contributed by atoms with Gasteiger partial charge in [-0.15, -0.1) is 12.4 Å². The van der Waals surface area contributed by atoms with E-state index in [2.05, 4.69) is 4.74 Å². The summed E-state index contributed by atoms with van der Waals surface area (Å²) in [6.07, 6.45) is 0. The Morgan fingerprint density at radius 2 is 2.00 bits per heavy atom. The van der Waals surface area contributed by atoms with Crippen LogP contribution in [0, 0.1) is 0 Å². The summed E-state index contributed by atoms with van der Waals surface area (Å²) in [7, 11) is -1.51. The molecule has 7 heteroatoms. The zero-order valence-electron chi connectivity index (χ0n) is 5.64. The monoisotopic (exact) mass is 191 g/mol. The summed E-state index contributed by atoms with van der Waals surface area (Å²) in [5, 5.41) is 0. The van der Waals surface area contributed by atoms with Crippen LogP contribution in [0.5, 0.6) is 0 Å². The number of hydrogen-bond acceptors (Lipinski definition) is 3. The van der Waals surface area contributed by atoms with Crippen molar-refractivity contribution in [1.29, 1.82) is 0 Å². The molecule has 0 atom stereocenters. The predicted molar refractivity (Wildman–Crippen MR) is 38.4 cm³/mol. The molecule has 0 aromatic rings. The van der Waals surface area contributed by atoms with Gasteiger partial charge in [0.1, 0.15) is 6.73 Å². The van der Waals surface area contributed by atoms with Crippen LogP contribution in [-0.2, 0) is 15.0 Å². The SMILES string of the molecule is COCN(C)S(=O)(=O)O.Cl. The van der Waals surface area contributed by atoms with Gasteiger partial charge in [0.05, 0.1) is 0 Å². The molecular formula is C3H10ClNO4S. The molecule has 0 amide bonds. The first kappa shape index (κ1) is 12.8. The van der Waals surface area contributed by atoms with Crippen molar-refractivity contribution in [2.75, 3.05) is 20.9 Å². The number of methoxy groups -OCH3 is 1. The fraction of sp³-hybridized carbons (Fsp3) is 1.00. The topological polar surface area (TPSA) is 66.8 Å². The van der Waals surface area contributed by atoms with Gasteiger partial charge >= 0.3 is 10.3 Å². The lowest BCUT2D eigenvalue weighted by Gasteiger charge is -2.09. The van der Waals surface area contributed by atoms with Gasteiger partial charge < -0.3 is 4.74 Å². The molecule has 0 fully saturated rings. The van der Waals surface area contributed by atoms with Gasteiger partial charge in [-0.05, 0) is 0 Å². The fourth-order valence-electron chi connectivity index (χ4n) is 0.248. The molecule has 0 aromatic carbocycles. The summed E-state index contributed by atoms with van der Waals surface area (Å²) in [6, 6.07) is 0. The van der Waals surface area contributed by atoms with Crippen LogP contribution < -0.4 is 0 Å². The summed E-state index contributed by atoms with van der Waals surface area (Å²) in [5.74, 6) is 0. The van der Waals surface area contributed by atoms with Crippen LogP contribution >= 0.6 is 12.4 Å². The molecule has 1 N–H and O–H groups in total. The molecule has 5 nitrogen and oxygen atoms in total. The third-order valence-corrected chi connectivity index (χ3v) is 1.60. The van der Waals surface area contributed by atoms with Crippen LogP contribution in [0.4, 0.5) is 0 Å². The van der Waals surface area contributed by atoms with E-state index in [1.807, 2.05) is 0 Å². The van der Waals surface area contributed by atoms with Crippen LogP contribution in [0.25, 0.3) is 0 Å². The Morgan fingerprint density at radius 1 is 1.60 bits per heavy atom. The van der Waals surface area contributed by atoms with Crippen LogP contribution in [0.15, 0.2) is 0 Å². The van der Waals surface area contributed by atoms with Crippen molar-refractivity contribution >= 4 is 22.7 Å². The molecule has 10 heavy (non-hydrogen) atoms. The molecule has 0 aliphatic heterocycles. The average Bonchev–Trinajstić information content (AvgIpc) is 1.64. The van der Waals surface area contributed by atoms with E-state index in [0.717, 1.165) is 0 Å². The van der Waals surface area contributed by atoms with E-state index in [1.165, 1.54) is 14.2 Å². The molecule has 0 bridgehead atoms. The normalized spacial score (nSPS) is 11.2. The highest BCUT2D eigenvalue weighted by atomic mass is 35.5. The van der Waals surface area contributed by atoms with Crippen LogP contribution in [-0.4, -0.2) is 38.2 Å². The molecule has 0 saturated heterocycles. The fourth-order valence-corrected chi connectivity index (χ4v) is 0.487. The Labute approximate surface area is 66.3 Å². The zero-order chi connectivity index (χ0) is 7.49. The smallest absolute Gasteiger partial charge is 0.337 e. The summed E-state index contributed by atoms with van der Waals surface area (Å²) in [6.45, 7) is -0.140. The van der Waals surface area contributed by atoms with E-state index >= 15 is 0 Å². The molecule has 0 aliphatic rings. The first-order valence-corrected chi connectivity index (χ1v) is 3.56. The largest absolute Gasteiger partial charge is 0.368 e. The molecule has 0 unspecified atom stereocenters. The lowest BCUT2D eigenvalue weighted by molar-refractivity contribution is 0.125. The Hall–Kier alpha value is 0.120. The van der Waals surface area contributed by atoms with Gasteiger partial charge in [-0.3, -0.25) is 4.55 Å². The van der Waals surface area contributed by atoms with Crippen LogP contribution in [0.2, 0.25) is 0 Å².